The van der Waals surface area contributed by atoms with E-state index < -0.39 is 27.1 Å². The Bertz CT molecular complexity index is 538. The van der Waals surface area contributed by atoms with E-state index >= 15 is 0 Å². The van der Waals surface area contributed by atoms with Gasteiger partial charge in [-0.25, -0.2) is 0 Å². The normalized spacial score (nSPS) is 14.8. The average Bonchev–Trinajstić information content (AvgIpc) is 2.35. The summed E-state index contributed by atoms with van der Waals surface area (Å²) in [6.07, 6.45) is 1.02. The Kier molecular flexibility index (Phi) is 4.39. The van der Waals surface area contributed by atoms with E-state index in [0.717, 1.165) is 6.08 Å². The Morgan fingerprint density at radius 1 is 1.39 bits per heavy atom. The summed E-state index contributed by atoms with van der Waals surface area (Å²) in [4.78, 5) is 12.0. The smallest absolute Gasteiger partial charge is 0.266 e. The van der Waals surface area contributed by atoms with Crippen molar-refractivity contribution in [3.05, 3.63) is 48.6 Å². The maximum atomic E-state index is 12.0. The van der Waals surface area contributed by atoms with Gasteiger partial charge < -0.3 is 5.73 Å². The number of hydrogen-bond acceptors (Lipinski definition) is 4. The second-order valence-electron chi connectivity index (χ2n) is 3.95. The highest BCUT2D eigenvalue weighted by molar-refractivity contribution is 7.85. The maximum Gasteiger partial charge on any atom is 0.266 e. The number of benzene rings is 1. The molecule has 1 aromatic carbocycles. The van der Waals surface area contributed by atoms with Gasteiger partial charge in [-0.15, -0.1) is 0 Å². The molecule has 0 aromatic heterocycles. The minimum absolute atomic E-state index is 0.234. The van der Waals surface area contributed by atoms with Crippen LogP contribution in [0.3, 0.4) is 0 Å². The van der Waals surface area contributed by atoms with Crippen LogP contribution in [0.4, 0.5) is 0 Å². The average molecular weight is 269 g/mol. The lowest BCUT2D eigenvalue weighted by molar-refractivity contribution is -0.118. The van der Waals surface area contributed by atoms with Gasteiger partial charge in [0, 0.05) is 6.54 Å². The third-order valence-electron chi connectivity index (χ3n) is 2.76. The SMILES string of the molecule is C=CC(=O)C(CN)(CS(=O)(=O)O)c1ccccc1. The van der Waals surface area contributed by atoms with E-state index in [1.165, 1.54) is 0 Å². The van der Waals surface area contributed by atoms with Crippen molar-refractivity contribution in [2.75, 3.05) is 12.3 Å². The Labute approximate surface area is 106 Å². The zero-order valence-corrected chi connectivity index (χ0v) is 10.6. The van der Waals surface area contributed by atoms with E-state index in [9.17, 15) is 13.2 Å². The summed E-state index contributed by atoms with van der Waals surface area (Å²) < 4.78 is 31.2. The van der Waals surface area contributed by atoms with Crippen LogP contribution in [0.15, 0.2) is 43.0 Å². The number of allylic oxidation sites excluding steroid dienone is 1. The molecule has 0 bridgehead atoms. The molecule has 0 aliphatic rings. The van der Waals surface area contributed by atoms with E-state index in [0.29, 0.717) is 5.56 Å². The van der Waals surface area contributed by atoms with Gasteiger partial charge in [0.05, 0.1) is 11.2 Å². The van der Waals surface area contributed by atoms with Gasteiger partial charge in [-0.1, -0.05) is 36.9 Å². The number of carbonyl (C=O) groups excluding carboxylic acids is 1. The maximum absolute atomic E-state index is 12.0. The van der Waals surface area contributed by atoms with Gasteiger partial charge in [0.25, 0.3) is 10.1 Å². The van der Waals surface area contributed by atoms with Crippen LogP contribution in [0.2, 0.25) is 0 Å². The van der Waals surface area contributed by atoms with Gasteiger partial charge in [0.15, 0.2) is 5.78 Å². The van der Waals surface area contributed by atoms with Gasteiger partial charge in [0.2, 0.25) is 0 Å². The zero-order valence-electron chi connectivity index (χ0n) is 9.74. The molecule has 0 heterocycles. The molecule has 5 nitrogen and oxygen atoms in total. The predicted octanol–water partition coefficient (Wildman–Crippen LogP) is 0.526. The van der Waals surface area contributed by atoms with Crippen LogP contribution >= 0.6 is 0 Å². The van der Waals surface area contributed by atoms with Crippen molar-refractivity contribution in [1.82, 2.24) is 0 Å². The highest BCUT2D eigenvalue weighted by atomic mass is 32.2. The Morgan fingerprint density at radius 3 is 2.33 bits per heavy atom. The molecule has 3 N–H and O–H groups in total. The molecular formula is C12H15NO4S. The third-order valence-corrected chi connectivity index (χ3v) is 3.62. The summed E-state index contributed by atoms with van der Waals surface area (Å²) >= 11 is 0. The highest BCUT2D eigenvalue weighted by Gasteiger charge is 2.41. The van der Waals surface area contributed by atoms with E-state index in [1.807, 2.05) is 0 Å². The first-order valence-electron chi connectivity index (χ1n) is 5.23. The van der Waals surface area contributed by atoms with Gasteiger partial charge in [-0.2, -0.15) is 8.42 Å². The number of carbonyl (C=O) groups is 1. The van der Waals surface area contributed by atoms with E-state index in [-0.39, 0.29) is 6.54 Å². The van der Waals surface area contributed by atoms with Crippen LogP contribution in [0.1, 0.15) is 5.56 Å². The molecule has 98 valence electrons. The molecule has 1 atom stereocenters. The van der Waals surface area contributed by atoms with Crippen LogP contribution in [-0.4, -0.2) is 31.1 Å². The first-order valence-corrected chi connectivity index (χ1v) is 6.84. The fourth-order valence-electron chi connectivity index (χ4n) is 1.84. The minimum Gasteiger partial charge on any atom is -0.329 e. The molecule has 18 heavy (non-hydrogen) atoms. The van der Waals surface area contributed by atoms with E-state index in [2.05, 4.69) is 6.58 Å². The fourth-order valence-corrected chi connectivity index (χ4v) is 2.89. The fraction of sp³-hybridized carbons (Fsp3) is 0.250. The quantitative estimate of drug-likeness (QED) is 0.580. The standard InChI is InChI=1S/C12H15NO4S/c1-2-11(14)12(8-13,9-18(15,16)17)10-6-4-3-5-7-10/h2-7H,1,8-9,13H2,(H,15,16,17). The zero-order chi connectivity index (χ0) is 13.8. The Balaban J connectivity index is 3.41. The van der Waals surface area contributed by atoms with Gasteiger partial charge in [-0.3, -0.25) is 9.35 Å². The summed E-state index contributed by atoms with van der Waals surface area (Å²) in [7, 11) is -4.35. The van der Waals surface area contributed by atoms with Crippen molar-refractivity contribution in [1.29, 1.82) is 0 Å². The first kappa shape index (κ1) is 14.6. The predicted molar refractivity (Wildman–Crippen MR) is 68.8 cm³/mol. The lowest BCUT2D eigenvalue weighted by atomic mass is 9.78. The van der Waals surface area contributed by atoms with Crippen LogP contribution in [0.5, 0.6) is 0 Å². The number of hydrogen-bond donors (Lipinski definition) is 2. The van der Waals surface area contributed by atoms with Crippen molar-refractivity contribution in [2.24, 2.45) is 5.73 Å². The molecule has 1 aromatic rings. The molecule has 0 radical (unpaired) electrons. The molecule has 0 saturated carbocycles. The third kappa shape index (κ3) is 3.04. The summed E-state index contributed by atoms with van der Waals surface area (Å²) in [5.41, 5.74) is 4.53. The summed E-state index contributed by atoms with van der Waals surface area (Å²) in [5, 5.41) is 0. The molecule has 1 unspecified atom stereocenters. The van der Waals surface area contributed by atoms with Crippen molar-refractivity contribution in [2.45, 2.75) is 5.41 Å². The molecule has 1 rings (SSSR count). The van der Waals surface area contributed by atoms with Crippen molar-refractivity contribution in [3.63, 3.8) is 0 Å². The summed E-state index contributed by atoms with van der Waals surface area (Å²) in [6.45, 7) is 3.11. The van der Waals surface area contributed by atoms with Gasteiger partial charge in [0.1, 0.15) is 0 Å². The Morgan fingerprint density at radius 2 is 1.94 bits per heavy atom. The van der Waals surface area contributed by atoms with Crippen molar-refractivity contribution in [3.8, 4) is 0 Å². The van der Waals surface area contributed by atoms with Crippen molar-refractivity contribution < 1.29 is 17.8 Å². The lowest BCUT2D eigenvalue weighted by Crippen LogP contribution is -2.47. The molecule has 6 heteroatoms. The number of nitrogens with two attached hydrogens (primary N) is 1. The summed E-state index contributed by atoms with van der Waals surface area (Å²) in [6, 6.07) is 8.26. The molecule has 0 spiro atoms. The highest BCUT2D eigenvalue weighted by Crippen LogP contribution is 2.26. The van der Waals surface area contributed by atoms with Gasteiger partial charge in [-0.05, 0) is 11.6 Å². The van der Waals surface area contributed by atoms with Crippen LogP contribution < -0.4 is 5.73 Å². The first-order chi connectivity index (χ1) is 8.35. The van der Waals surface area contributed by atoms with E-state index in [1.54, 1.807) is 30.3 Å². The Hall–Kier alpha value is -1.50. The topological polar surface area (TPSA) is 97.5 Å². The van der Waals surface area contributed by atoms with E-state index in [4.69, 9.17) is 10.3 Å². The van der Waals surface area contributed by atoms with Crippen LogP contribution in [0, 0.1) is 0 Å². The molecule has 0 aliphatic heterocycles. The summed E-state index contributed by atoms with van der Waals surface area (Å²) in [5.74, 6) is -1.29. The van der Waals surface area contributed by atoms with Crippen LogP contribution in [0.25, 0.3) is 0 Å². The molecule has 0 aliphatic carbocycles. The lowest BCUT2D eigenvalue weighted by Gasteiger charge is -2.29. The second-order valence-corrected chi connectivity index (χ2v) is 5.40. The molecular weight excluding hydrogens is 254 g/mol. The number of ketones is 1. The van der Waals surface area contributed by atoms with Gasteiger partial charge >= 0.3 is 0 Å². The number of rotatable bonds is 6. The van der Waals surface area contributed by atoms with Crippen molar-refractivity contribution >= 4 is 15.9 Å². The molecule has 0 fully saturated rings. The molecule has 0 saturated heterocycles. The largest absolute Gasteiger partial charge is 0.329 e. The van der Waals surface area contributed by atoms with Crippen LogP contribution in [-0.2, 0) is 20.3 Å². The minimum atomic E-state index is -4.35. The molecule has 0 amide bonds. The monoisotopic (exact) mass is 269 g/mol. The second kappa shape index (κ2) is 5.43.